The molecule has 0 saturated carbocycles. The third kappa shape index (κ3) is 2.77. The van der Waals surface area contributed by atoms with E-state index in [1.807, 2.05) is 19.3 Å². The summed E-state index contributed by atoms with van der Waals surface area (Å²) in [6, 6.07) is 13.0. The van der Waals surface area contributed by atoms with E-state index in [9.17, 15) is 0 Å². The molecule has 0 bridgehead atoms. The molecule has 110 valence electrons. The molecule has 0 saturated heterocycles. The quantitative estimate of drug-likeness (QED) is 0.660. The van der Waals surface area contributed by atoms with Crippen LogP contribution in [0.25, 0.3) is 22.5 Å². The Hall–Kier alpha value is -2.48. The molecule has 0 N–H and O–H groups in total. The number of hydrogen-bond acceptors (Lipinski definition) is 2. The highest BCUT2D eigenvalue weighted by Gasteiger charge is 2.05. The summed E-state index contributed by atoms with van der Waals surface area (Å²) in [6.07, 6.45) is 3.70. The van der Waals surface area contributed by atoms with E-state index in [0.29, 0.717) is 0 Å². The molecule has 22 heavy (non-hydrogen) atoms. The Bertz CT molecular complexity index is 777. The molecule has 0 aliphatic heterocycles. The summed E-state index contributed by atoms with van der Waals surface area (Å²) in [6.45, 7) is 8.50. The van der Waals surface area contributed by atoms with Crippen LogP contribution in [0.1, 0.15) is 22.3 Å². The van der Waals surface area contributed by atoms with E-state index in [1.165, 1.54) is 27.8 Å². The SMILES string of the molecule is Cc1cnc(-c2ccc(-c3cc(C)c(C)c(C)c3)cc2)nc1. The fraction of sp³-hybridized carbons (Fsp3) is 0.200. The van der Waals surface area contributed by atoms with Crippen molar-refractivity contribution in [2.24, 2.45) is 0 Å². The van der Waals surface area contributed by atoms with Crippen molar-refractivity contribution in [1.29, 1.82) is 0 Å². The van der Waals surface area contributed by atoms with Gasteiger partial charge in [-0.2, -0.15) is 0 Å². The average Bonchev–Trinajstić information content (AvgIpc) is 2.53. The van der Waals surface area contributed by atoms with Crippen LogP contribution in [0.5, 0.6) is 0 Å². The van der Waals surface area contributed by atoms with Gasteiger partial charge >= 0.3 is 0 Å². The third-order valence-corrected chi connectivity index (χ3v) is 4.18. The first kappa shape index (κ1) is 14.5. The lowest BCUT2D eigenvalue weighted by Crippen LogP contribution is -1.90. The topological polar surface area (TPSA) is 25.8 Å². The zero-order valence-corrected chi connectivity index (χ0v) is 13.5. The van der Waals surface area contributed by atoms with E-state index < -0.39 is 0 Å². The lowest BCUT2D eigenvalue weighted by atomic mass is 9.96. The summed E-state index contributed by atoms with van der Waals surface area (Å²) in [5.74, 6) is 0.772. The molecule has 1 heterocycles. The van der Waals surface area contributed by atoms with Crippen LogP contribution in [0, 0.1) is 27.7 Å². The van der Waals surface area contributed by atoms with Gasteiger partial charge in [-0.05, 0) is 61.1 Å². The van der Waals surface area contributed by atoms with Gasteiger partial charge in [-0.3, -0.25) is 0 Å². The maximum absolute atomic E-state index is 4.38. The van der Waals surface area contributed by atoms with Gasteiger partial charge in [-0.25, -0.2) is 9.97 Å². The first-order chi connectivity index (χ1) is 10.5. The maximum Gasteiger partial charge on any atom is 0.159 e. The van der Waals surface area contributed by atoms with Crippen molar-refractivity contribution in [2.45, 2.75) is 27.7 Å². The second-order valence-electron chi connectivity index (χ2n) is 5.90. The molecule has 2 nitrogen and oxygen atoms in total. The second-order valence-corrected chi connectivity index (χ2v) is 5.90. The Morgan fingerprint density at radius 2 is 1.14 bits per heavy atom. The number of aryl methyl sites for hydroxylation is 3. The highest BCUT2D eigenvalue weighted by atomic mass is 14.9. The van der Waals surface area contributed by atoms with E-state index in [2.05, 4.69) is 67.1 Å². The van der Waals surface area contributed by atoms with Crippen LogP contribution in [0.15, 0.2) is 48.8 Å². The maximum atomic E-state index is 4.38. The van der Waals surface area contributed by atoms with Crippen molar-refractivity contribution in [3.05, 3.63) is 71.0 Å². The minimum atomic E-state index is 0.772. The Morgan fingerprint density at radius 3 is 1.68 bits per heavy atom. The number of nitrogens with zero attached hydrogens (tertiary/aromatic N) is 2. The molecule has 1 aromatic heterocycles. The molecular formula is C20H20N2. The summed E-state index contributed by atoms with van der Waals surface area (Å²) in [5, 5.41) is 0. The lowest BCUT2D eigenvalue weighted by Gasteiger charge is -2.10. The predicted molar refractivity (Wildman–Crippen MR) is 91.9 cm³/mol. The van der Waals surface area contributed by atoms with E-state index >= 15 is 0 Å². The highest BCUT2D eigenvalue weighted by molar-refractivity contribution is 5.69. The first-order valence-electron chi connectivity index (χ1n) is 7.52. The van der Waals surface area contributed by atoms with E-state index in [1.54, 1.807) is 0 Å². The summed E-state index contributed by atoms with van der Waals surface area (Å²) in [5.41, 5.74) is 8.64. The summed E-state index contributed by atoms with van der Waals surface area (Å²) in [4.78, 5) is 8.76. The van der Waals surface area contributed by atoms with Crippen molar-refractivity contribution in [2.75, 3.05) is 0 Å². The van der Waals surface area contributed by atoms with Crippen molar-refractivity contribution >= 4 is 0 Å². The third-order valence-electron chi connectivity index (χ3n) is 4.18. The molecule has 0 fully saturated rings. The molecule has 0 aliphatic carbocycles. The molecule has 3 rings (SSSR count). The van der Waals surface area contributed by atoms with Crippen LogP contribution in [-0.4, -0.2) is 9.97 Å². The number of rotatable bonds is 2. The molecule has 2 aromatic carbocycles. The number of hydrogen-bond donors (Lipinski definition) is 0. The van der Waals surface area contributed by atoms with Gasteiger partial charge < -0.3 is 0 Å². The molecule has 3 aromatic rings. The first-order valence-corrected chi connectivity index (χ1v) is 7.52. The molecule has 0 unspecified atom stereocenters. The van der Waals surface area contributed by atoms with Crippen LogP contribution in [0.3, 0.4) is 0 Å². The van der Waals surface area contributed by atoms with E-state index in [-0.39, 0.29) is 0 Å². The Balaban J connectivity index is 1.96. The molecule has 2 heteroatoms. The van der Waals surface area contributed by atoms with E-state index in [0.717, 1.165) is 17.0 Å². The lowest BCUT2D eigenvalue weighted by molar-refractivity contribution is 1.14. The highest BCUT2D eigenvalue weighted by Crippen LogP contribution is 2.26. The monoisotopic (exact) mass is 288 g/mol. The van der Waals surface area contributed by atoms with Gasteiger partial charge in [0.05, 0.1) is 0 Å². The number of aromatic nitrogens is 2. The van der Waals surface area contributed by atoms with Crippen LogP contribution in [0.2, 0.25) is 0 Å². The fourth-order valence-electron chi connectivity index (χ4n) is 2.56. The zero-order valence-electron chi connectivity index (χ0n) is 13.5. The van der Waals surface area contributed by atoms with E-state index in [4.69, 9.17) is 0 Å². The largest absolute Gasteiger partial charge is 0.236 e. The van der Waals surface area contributed by atoms with Gasteiger partial charge in [0.25, 0.3) is 0 Å². The van der Waals surface area contributed by atoms with Crippen LogP contribution >= 0.6 is 0 Å². The van der Waals surface area contributed by atoms with Gasteiger partial charge in [0, 0.05) is 18.0 Å². The van der Waals surface area contributed by atoms with Crippen molar-refractivity contribution in [3.63, 3.8) is 0 Å². The van der Waals surface area contributed by atoms with Gasteiger partial charge in [-0.1, -0.05) is 36.4 Å². The normalized spacial score (nSPS) is 10.7. The van der Waals surface area contributed by atoms with Gasteiger partial charge in [0.1, 0.15) is 0 Å². The van der Waals surface area contributed by atoms with Crippen molar-refractivity contribution in [1.82, 2.24) is 9.97 Å². The molecule has 0 atom stereocenters. The van der Waals surface area contributed by atoms with Crippen LogP contribution in [-0.2, 0) is 0 Å². The minimum absolute atomic E-state index is 0.772. The molecule has 0 spiro atoms. The Morgan fingerprint density at radius 1 is 0.636 bits per heavy atom. The van der Waals surface area contributed by atoms with Gasteiger partial charge in [0.2, 0.25) is 0 Å². The summed E-state index contributed by atoms with van der Waals surface area (Å²) >= 11 is 0. The molecule has 0 amide bonds. The Kier molecular flexibility index (Phi) is 3.76. The number of benzene rings is 2. The Labute approximate surface area is 131 Å². The van der Waals surface area contributed by atoms with Gasteiger partial charge in [0.15, 0.2) is 5.82 Å². The standard InChI is InChI=1S/C20H20N2/c1-13-11-21-20(22-12-13)18-7-5-17(6-8-18)19-9-14(2)16(4)15(3)10-19/h5-12H,1-4H3. The fourth-order valence-corrected chi connectivity index (χ4v) is 2.56. The minimum Gasteiger partial charge on any atom is -0.236 e. The van der Waals surface area contributed by atoms with Gasteiger partial charge in [-0.15, -0.1) is 0 Å². The summed E-state index contributed by atoms with van der Waals surface area (Å²) < 4.78 is 0. The van der Waals surface area contributed by atoms with Crippen molar-refractivity contribution < 1.29 is 0 Å². The molecular weight excluding hydrogens is 268 g/mol. The average molecular weight is 288 g/mol. The zero-order chi connectivity index (χ0) is 15.7. The molecule has 0 radical (unpaired) electrons. The van der Waals surface area contributed by atoms with Crippen LogP contribution < -0.4 is 0 Å². The predicted octanol–water partition coefficient (Wildman–Crippen LogP) is 5.04. The second kappa shape index (κ2) is 5.72. The van der Waals surface area contributed by atoms with Crippen molar-refractivity contribution in [3.8, 4) is 22.5 Å². The van der Waals surface area contributed by atoms with Crippen LogP contribution in [0.4, 0.5) is 0 Å². The smallest absolute Gasteiger partial charge is 0.159 e. The summed E-state index contributed by atoms with van der Waals surface area (Å²) in [7, 11) is 0. The molecule has 0 aliphatic rings.